The second-order valence-electron chi connectivity index (χ2n) is 9.27. The molecule has 2 aromatic carbocycles. The van der Waals surface area contributed by atoms with Crippen LogP contribution >= 0.6 is 0 Å². The lowest BCUT2D eigenvalue weighted by Gasteiger charge is -2.19. The highest BCUT2D eigenvalue weighted by atomic mass is 16.4. The molecule has 0 saturated carbocycles. The van der Waals surface area contributed by atoms with Crippen LogP contribution < -0.4 is 4.90 Å². The zero-order valence-electron chi connectivity index (χ0n) is 21.7. The van der Waals surface area contributed by atoms with Gasteiger partial charge in [0.1, 0.15) is 17.2 Å². The van der Waals surface area contributed by atoms with Crippen LogP contribution in [0.1, 0.15) is 17.9 Å². The highest BCUT2D eigenvalue weighted by Crippen LogP contribution is 2.37. The first-order valence-electron chi connectivity index (χ1n) is 12.5. The Hall–Kier alpha value is -5.63. The Bertz CT molecular complexity index is 1860. The molecule has 11 nitrogen and oxygen atoms in total. The third-order valence-corrected chi connectivity index (χ3v) is 6.69. The van der Waals surface area contributed by atoms with Crippen LogP contribution in [0.4, 0.5) is 11.4 Å². The first kappa shape index (κ1) is 24.7. The third kappa shape index (κ3) is 4.17. The molecule has 0 spiro atoms. The molecule has 0 fully saturated rings. The molecule has 0 atom stereocenters. The smallest absolute Gasteiger partial charge is 0.305 e. The summed E-state index contributed by atoms with van der Waals surface area (Å²) in [6.07, 6.45) is 3.36. The number of nitriles is 1. The average molecular weight is 530 g/mol. The van der Waals surface area contributed by atoms with Crippen LogP contribution in [-0.2, 0) is 11.8 Å². The molecule has 1 aliphatic rings. The number of benzene rings is 2. The average Bonchev–Trinajstić information content (AvgIpc) is 3.66. The molecule has 4 heterocycles. The lowest BCUT2D eigenvalue weighted by atomic mass is 10.1. The van der Waals surface area contributed by atoms with Gasteiger partial charge in [-0.25, -0.2) is 15.0 Å². The number of carbonyl (C=O) groups is 1. The van der Waals surface area contributed by atoms with E-state index in [1.54, 1.807) is 17.2 Å². The zero-order valence-corrected chi connectivity index (χ0v) is 21.7. The molecule has 196 valence electrons. The van der Waals surface area contributed by atoms with Crippen LogP contribution in [0.15, 0.2) is 83.8 Å². The van der Waals surface area contributed by atoms with Crippen LogP contribution in [0, 0.1) is 11.3 Å². The number of anilines is 1. The Kier molecular flexibility index (Phi) is 6.12. The number of rotatable bonds is 7. The van der Waals surface area contributed by atoms with Gasteiger partial charge in [-0.2, -0.15) is 9.94 Å². The first-order valence-corrected chi connectivity index (χ1v) is 12.5. The number of aromatic nitrogens is 6. The molecular weight excluding hydrogens is 506 g/mol. The van der Waals surface area contributed by atoms with E-state index in [2.05, 4.69) is 16.0 Å². The predicted octanol–water partition coefficient (Wildman–Crippen LogP) is 4.06. The van der Waals surface area contributed by atoms with E-state index in [9.17, 15) is 10.1 Å². The van der Waals surface area contributed by atoms with Gasteiger partial charge in [0.15, 0.2) is 17.5 Å². The molecule has 3 aromatic heterocycles. The van der Waals surface area contributed by atoms with E-state index >= 15 is 0 Å². The Labute approximate surface area is 229 Å². The normalized spacial score (nSPS) is 13.6. The highest BCUT2D eigenvalue weighted by Gasteiger charge is 2.34. The van der Waals surface area contributed by atoms with Crippen molar-refractivity contribution in [2.45, 2.75) is 6.42 Å². The number of imidazole rings is 1. The fourth-order valence-corrected chi connectivity index (χ4v) is 4.75. The van der Waals surface area contributed by atoms with Crippen LogP contribution in [0.2, 0.25) is 0 Å². The summed E-state index contributed by atoms with van der Waals surface area (Å²) in [6.45, 7) is 0.328. The number of carboxylic acids is 1. The van der Waals surface area contributed by atoms with E-state index in [0.29, 0.717) is 52.1 Å². The standard InChI is InChI=1S/C29H23N9O2/c1-36(15-13-23(39)40)22-12-11-21(26-25(22)32-17-37(26)2)33-28-19(16-30)24(20-10-6-7-14-31-20)29-34-27(35-38(28)29)18-8-4-3-5-9-18/h3-12,14,17H,13,15H2,1-2H3,(H,39,40)/b33-28+. The van der Waals surface area contributed by atoms with Gasteiger partial charge in [-0.05, 0) is 24.3 Å². The molecule has 0 unspecified atom stereocenters. The lowest BCUT2D eigenvalue weighted by molar-refractivity contribution is -0.136. The second kappa shape index (κ2) is 9.92. The van der Waals surface area contributed by atoms with E-state index in [4.69, 9.17) is 20.2 Å². The number of aliphatic imine (C=N–C) groups is 1. The second-order valence-corrected chi connectivity index (χ2v) is 9.27. The van der Waals surface area contributed by atoms with Crippen molar-refractivity contribution in [3.63, 3.8) is 0 Å². The van der Waals surface area contributed by atoms with Gasteiger partial charge in [0.05, 0.1) is 40.9 Å². The molecule has 0 amide bonds. The maximum absolute atomic E-state index is 11.1. The number of hydrogen-bond donors (Lipinski definition) is 1. The molecular formula is C29H23N9O2. The fourth-order valence-electron chi connectivity index (χ4n) is 4.75. The summed E-state index contributed by atoms with van der Waals surface area (Å²) in [4.78, 5) is 31.8. The topological polar surface area (TPSA) is 138 Å². The molecule has 6 rings (SSSR count). The van der Waals surface area contributed by atoms with Crippen LogP contribution in [0.3, 0.4) is 0 Å². The SMILES string of the molecule is CN(CCC(=O)O)c1ccc(/N=C2\C(C#N)=C(c3ccccn3)c3nc(-c4ccccc4)nn32)c2c1ncn2C. The molecule has 5 aromatic rings. The molecule has 1 N–H and O–H groups in total. The van der Waals surface area contributed by atoms with Gasteiger partial charge >= 0.3 is 5.97 Å². The largest absolute Gasteiger partial charge is 0.481 e. The number of aliphatic carboxylic acids is 1. The fraction of sp³-hybridized carbons (Fsp3) is 0.138. The molecule has 11 heteroatoms. The van der Waals surface area contributed by atoms with Crippen molar-refractivity contribution in [2.24, 2.45) is 12.0 Å². The quantitative estimate of drug-likeness (QED) is 0.333. The molecule has 1 aliphatic heterocycles. The molecule has 40 heavy (non-hydrogen) atoms. The van der Waals surface area contributed by atoms with Gasteiger partial charge in [-0.15, -0.1) is 5.10 Å². The summed E-state index contributed by atoms with van der Waals surface area (Å²) in [7, 11) is 3.70. The minimum absolute atomic E-state index is 0.000322. The van der Waals surface area contributed by atoms with Gasteiger partial charge in [-0.1, -0.05) is 36.4 Å². The molecule has 0 aliphatic carbocycles. The van der Waals surface area contributed by atoms with Gasteiger partial charge < -0.3 is 14.6 Å². The first-order chi connectivity index (χ1) is 19.5. The summed E-state index contributed by atoms with van der Waals surface area (Å²) in [5.41, 5.74) is 5.08. The van der Waals surface area contributed by atoms with Crippen molar-refractivity contribution in [3.05, 3.63) is 90.3 Å². The van der Waals surface area contributed by atoms with Gasteiger partial charge in [0, 0.05) is 32.4 Å². The van der Waals surface area contributed by atoms with Crippen LogP contribution in [0.5, 0.6) is 0 Å². The number of aryl methyl sites for hydroxylation is 1. The monoisotopic (exact) mass is 529 g/mol. The lowest BCUT2D eigenvalue weighted by Crippen LogP contribution is -2.21. The van der Waals surface area contributed by atoms with Crippen molar-refractivity contribution in [3.8, 4) is 17.5 Å². The van der Waals surface area contributed by atoms with Crippen LogP contribution in [0.25, 0.3) is 28.0 Å². The number of carboxylic acid groups (broad SMARTS) is 1. The molecule has 0 radical (unpaired) electrons. The van der Waals surface area contributed by atoms with Crippen molar-refractivity contribution in [2.75, 3.05) is 18.5 Å². The maximum atomic E-state index is 11.1. The Balaban J connectivity index is 1.54. The number of pyridine rings is 1. The minimum atomic E-state index is -0.869. The molecule has 0 bridgehead atoms. The summed E-state index contributed by atoms with van der Waals surface area (Å²) in [5, 5.41) is 24.2. The zero-order chi connectivity index (χ0) is 27.8. The highest BCUT2D eigenvalue weighted by molar-refractivity contribution is 6.17. The van der Waals surface area contributed by atoms with Crippen molar-refractivity contribution < 1.29 is 9.90 Å². The number of nitrogens with zero attached hydrogens (tertiary/aromatic N) is 9. The van der Waals surface area contributed by atoms with Gasteiger partial charge in [-0.3, -0.25) is 9.78 Å². The molecule has 0 saturated heterocycles. The number of fused-ring (bicyclic) bond motifs is 2. The van der Waals surface area contributed by atoms with Crippen molar-refractivity contribution >= 4 is 39.8 Å². The van der Waals surface area contributed by atoms with E-state index in [-0.39, 0.29) is 6.42 Å². The number of hydrogen-bond acceptors (Lipinski definition) is 8. The van der Waals surface area contributed by atoms with Crippen molar-refractivity contribution in [1.29, 1.82) is 5.26 Å². The van der Waals surface area contributed by atoms with E-state index in [1.807, 2.05) is 84.2 Å². The summed E-state index contributed by atoms with van der Waals surface area (Å²) in [5.74, 6) is 0.461. The van der Waals surface area contributed by atoms with E-state index in [0.717, 1.165) is 16.8 Å². The van der Waals surface area contributed by atoms with E-state index in [1.165, 1.54) is 0 Å². The minimum Gasteiger partial charge on any atom is -0.481 e. The van der Waals surface area contributed by atoms with Crippen LogP contribution in [-0.4, -0.2) is 59.8 Å². The Morgan fingerprint density at radius 1 is 1.10 bits per heavy atom. The summed E-state index contributed by atoms with van der Waals surface area (Å²) in [6, 6.07) is 21.1. The third-order valence-electron chi connectivity index (χ3n) is 6.69. The Morgan fingerprint density at radius 2 is 1.90 bits per heavy atom. The van der Waals surface area contributed by atoms with Gasteiger partial charge in [0.2, 0.25) is 0 Å². The Morgan fingerprint density at radius 3 is 2.62 bits per heavy atom. The summed E-state index contributed by atoms with van der Waals surface area (Å²) >= 11 is 0. The van der Waals surface area contributed by atoms with E-state index < -0.39 is 5.97 Å². The van der Waals surface area contributed by atoms with Gasteiger partial charge in [0.25, 0.3) is 0 Å². The maximum Gasteiger partial charge on any atom is 0.305 e. The van der Waals surface area contributed by atoms with Crippen molar-refractivity contribution in [1.82, 2.24) is 29.3 Å². The predicted molar refractivity (Wildman–Crippen MR) is 150 cm³/mol. The number of allylic oxidation sites excluding steroid dienone is 1. The summed E-state index contributed by atoms with van der Waals surface area (Å²) < 4.78 is 3.45.